The van der Waals surface area contributed by atoms with Crippen molar-refractivity contribution in [2.75, 3.05) is 17.7 Å². The van der Waals surface area contributed by atoms with Crippen molar-refractivity contribution in [3.63, 3.8) is 0 Å². The number of rotatable bonds is 4. The third kappa shape index (κ3) is 2.25. The third-order valence-electron chi connectivity index (χ3n) is 3.84. The van der Waals surface area contributed by atoms with E-state index in [1.54, 1.807) is 0 Å². The molecular weight excluding hydrogens is 212 g/mol. The average molecular weight is 234 g/mol. The van der Waals surface area contributed by atoms with Gasteiger partial charge in [0.25, 0.3) is 0 Å². The van der Waals surface area contributed by atoms with Crippen LogP contribution in [0.15, 0.2) is 24.3 Å². The van der Waals surface area contributed by atoms with Gasteiger partial charge in [-0.05, 0) is 25.5 Å². The van der Waals surface area contributed by atoms with Crippen molar-refractivity contribution in [2.45, 2.75) is 39.3 Å². The number of para-hydroxylation sites is 2. The highest BCUT2D eigenvalue weighted by Gasteiger charge is 2.48. The van der Waals surface area contributed by atoms with Crippen molar-refractivity contribution in [3.05, 3.63) is 24.3 Å². The molecule has 1 aliphatic rings. The molecule has 0 heterocycles. The summed E-state index contributed by atoms with van der Waals surface area (Å²) in [6, 6.07) is 8.34. The molecule has 0 spiro atoms. The van der Waals surface area contributed by atoms with E-state index in [0.29, 0.717) is 12.1 Å². The van der Waals surface area contributed by atoms with E-state index in [4.69, 9.17) is 10.5 Å². The minimum absolute atomic E-state index is 0.165. The van der Waals surface area contributed by atoms with Crippen LogP contribution in [0, 0.1) is 5.41 Å². The molecular formula is C14H22N2O. The number of hydrogen-bond acceptors (Lipinski definition) is 3. The SMILES string of the molecule is CCOC1CC(Nc2ccccc2N)C1(C)C. The molecule has 1 fully saturated rings. The molecule has 17 heavy (non-hydrogen) atoms. The Kier molecular flexibility index (Phi) is 3.29. The lowest BCUT2D eigenvalue weighted by molar-refractivity contribution is -0.0975. The van der Waals surface area contributed by atoms with E-state index < -0.39 is 0 Å². The predicted molar refractivity (Wildman–Crippen MR) is 72.1 cm³/mol. The maximum atomic E-state index is 5.94. The summed E-state index contributed by atoms with van der Waals surface area (Å²) in [5.41, 5.74) is 7.94. The number of nitrogens with two attached hydrogens (primary N) is 1. The summed E-state index contributed by atoms with van der Waals surface area (Å²) in [4.78, 5) is 0. The Morgan fingerprint density at radius 1 is 1.41 bits per heavy atom. The Bertz CT molecular complexity index is 390. The van der Waals surface area contributed by atoms with E-state index in [2.05, 4.69) is 19.2 Å². The fraction of sp³-hybridized carbons (Fsp3) is 0.571. The summed E-state index contributed by atoms with van der Waals surface area (Å²) in [7, 11) is 0. The molecule has 1 saturated carbocycles. The lowest BCUT2D eigenvalue weighted by atomic mass is 9.64. The van der Waals surface area contributed by atoms with Gasteiger partial charge in [-0.25, -0.2) is 0 Å². The van der Waals surface area contributed by atoms with E-state index in [0.717, 1.165) is 24.4 Å². The van der Waals surface area contributed by atoms with Gasteiger partial charge in [0.05, 0.1) is 17.5 Å². The topological polar surface area (TPSA) is 47.3 Å². The minimum Gasteiger partial charge on any atom is -0.397 e. The average Bonchev–Trinajstić information content (AvgIpc) is 2.30. The van der Waals surface area contributed by atoms with Crippen LogP contribution < -0.4 is 11.1 Å². The second-order valence-corrected chi connectivity index (χ2v) is 5.29. The Labute approximate surface area is 103 Å². The minimum atomic E-state index is 0.165. The summed E-state index contributed by atoms with van der Waals surface area (Å²) >= 11 is 0. The van der Waals surface area contributed by atoms with Gasteiger partial charge in [-0.1, -0.05) is 26.0 Å². The molecule has 94 valence electrons. The molecule has 0 bridgehead atoms. The number of ether oxygens (including phenoxy) is 1. The standard InChI is InChI=1S/C14H22N2O/c1-4-17-13-9-12(14(13,2)3)16-11-8-6-5-7-10(11)15/h5-8,12-13,16H,4,9,15H2,1-3H3. The van der Waals surface area contributed by atoms with Crippen molar-refractivity contribution >= 4 is 11.4 Å². The Hall–Kier alpha value is -1.22. The zero-order valence-electron chi connectivity index (χ0n) is 10.9. The number of hydrogen-bond donors (Lipinski definition) is 2. The molecule has 2 unspecified atom stereocenters. The van der Waals surface area contributed by atoms with Crippen LogP contribution in [-0.2, 0) is 4.74 Å². The maximum Gasteiger partial charge on any atom is 0.0665 e. The van der Waals surface area contributed by atoms with Gasteiger partial charge >= 0.3 is 0 Å². The number of anilines is 2. The number of nitrogen functional groups attached to an aromatic ring is 1. The van der Waals surface area contributed by atoms with Gasteiger partial charge in [-0.3, -0.25) is 0 Å². The van der Waals surface area contributed by atoms with Gasteiger partial charge in [0, 0.05) is 18.1 Å². The molecule has 2 rings (SSSR count). The molecule has 3 N–H and O–H groups in total. The van der Waals surface area contributed by atoms with Gasteiger partial charge in [0.15, 0.2) is 0 Å². The molecule has 0 amide bonds. The van der Waals surface area contributed by atoms with Crippen LogP contribution in [0.2, 0.25) is 0 Å². The first kappa shape index (κ1) is 12.2. The first-order chi connectivity index (χ1) is 8.05. The van der Waals surface area contributed by atoms with Gasteiger partial charge in [0.1, 0.15) is 0 Å². The summed E-state index contributed by atoms with van der Waals surface area (Å²) in [5.74, 6) is 0. The second kappa shape index (κ2) is 4.57. The highest BCUT2D eigenvalue weighted by molar-refractivity contribution is 5.66. The molecule has 3 nitrogen and oxygen atoms in total. The molecule has 1 aromatic carbocycles. The molecule has 0 saturated heterocycles. The van der Waals surface area contributed by atoms with E-state index in [1.165, 1.54) is 0 Å². The van der Waals surface area contributed by atoms with Gasteiger partial charge in [0.2, 0.25) is 0 Å². The first-order valence-corrected chi connectivity index (χ1v) is 6.28. The summed E-state index contributed by atoms with van der Waals surface area (Å²) in [5, 5.41) is 3.52. The number of nitrogens with one attached hydrogen (secondary N) is 1. The maximum absolute atomic E-state index is 5.94. The smallest absolute Gasteiger partial charge is 0.0665 e. The van der Waals surface area contributed by atoms with Crippen LogP contribution in [0.4, 0.5) is 11.4 Å². The molecule has 1 aromatic rings. The zero-order valence-corrected chi connectivity index (χ0v) is 10.9. The van der Waals surface area contributed by atoms with E-state index in [1.807, 2.05) is 31.2 Å². The molecule has 1 aliphatic carbocycles. The van der Waals surface area contributed by atoms with Crippen molar-refractivity contribution in [1.82, 2.24) is 0 Å². The largest absolute Gasteiger partial charge is 0.397 e. The lowest BCUT2D eigenvalue weighted by Crippen LogP contribution is -2.58. The van der Waals surface area contributed by atoms with Crippen LogP contribution >= 0.6 is 0 Å². The van der Waals surface area contributed by atoms with E-state index in [9.17, 15) is 0 Å². The van der Waals surface area contributed by atoms with Crippen molar-refractivity contribution in [1.29, 1.82) is 0 Å². The fourth-order valence-corrected chi connectivity index (χ4v) is 2.43. The Morgan fingerprint density at radius 2 is 2.12 bits per heavy atom. The van der Waals surface area contributed by atoms with E-state index >= 15 is 0 Å². The fourth-order valence-electron chi connectivity index (χ4n) is 2.43. The van der Waals surface area contributed by atoms with Crippen LogP contribution in [-0.4, -0.2) is 18.8 Å². The number of benzene rings is 1. The first-order valence-electron chi connectivity index (χ1n) is 6.28. The highest BCUT2D eigenvalue weighted by atomic mass is 16.5. The van der Waals surface area contributed by atoms with Crippen molar-refractivity contribution in [2.24, 2.45) is 5.41 Å². The Morgan fingerprint density at radius 3 is 2.71 bits per heavy atom. The summed E-state index contributed by atoms with van der Waals surface area (Å²) in [6.45, 7) is 7.32. The van der Waals surface area contributed by atoms with Gasteiger partial charge < -0.3 is 15.8 Å². The predicted octanol–water partition coefficient (Wildman–Crippen LogP) is 2.88. The van der Waals surface area contributed by atoms with Gasteiger partial charge in [-0.2, -0.15) is 0 Å². The lowest BCUT2D eigenvalue weighted by Gasteiger charge is -2.52. The van der Waals surface area contributed by atoms with E-state index in [-0.39, 0.29) is 5.41 Å². The molecule has 2 atom stereocenters. The van der Waals surface area contributed by atoms with Gasteiger partial charge in [-0.15, -0.1) is 0 Å². The molecule has 3 heteroatoms. The second-order valence-electron chi connectivity index (χ2n) is 5.29. The quantitative estimate of drug-likeness (QED) is 0.787. The summed E-state index contributed by atoms with van der Waals surface area (Å²) < 4.78 is 5.72. The summed E-state index contributed by atoms with van der Waals surface area (Å²) in [6.07, 6.45) is 1.41. The monoisotopic (exact) mass is 234 g/mol. The van der Waals surface area contributed by atoms with Crippen LogP contribution in [0.25, 0.3) is 0 Å². The van der Waals surface area contributed by atoms with Crippen LogP contribution in [0.5, 0.6) is 0 Å². The van der Waals surface area contributed by atoms with Crippen molar-refractivity contribution < 1.29 is 4.74 Å². The molecule has 0 aliphatic heterocycles. The van der Waals surface area contributed by atoms with Crippen molar-refractivity contribution in [3.8, 4) is 0 Å². The van der Waals surface area contributed by atoms with Crippen LogP contribution in [0.3, 0.4) is 0 Å². The molecule has 0 radical (unpaired) electrons. The molecule has 0 aromatic heterocycles. The zero-order chi connectivity index (χ0) is 12.5. The third-order valence-corrected chi connectivity index (χ3v) is 3.84. The van der Waals surface area contributed by atoms with Crippen LogP contribution in [0.1, 0.15) is 27.2 Å². The normalized spacial score (nSPS) is 26.3. The Balaban J connectivity index is 2.01. The highest BCUT2D eigenvalue weighted by Crippen LogP contribution is 2.44.